The number of urea groups is 1. The number of amides is 3. The molecular formula is C26H35N5O5. The molecule has 0 spiro atoms. The summed E-state index contributed by atoms with van der Waals surface area (Å²) in [5, 5.41) is 13.2. The first-order valence-electron chi connectivity index (χ1n) is 12.9. The maximum absolute atomic E-state index is 13.1. The highest BCUT2D eigenvalue weighted by atomic mass is 16.7. The number of fused-ring (bicyclic) bond motifs is 2. The Kier molecular flexibility index (Phi) is 6.87. The van der Waals surface area contributed by atoms with Gasteiger partial charge >= 0.3 is 12.1 Å². The molecule has 1 N–H and O–H groups in total. The summed E-state index contributed by atoms with van der Waals surface area (Å²) in [6, 6.07) is 9.58. The molecule has 3 amide bonds. The fourth-order valence-electron chi connectivity index (χ4n) is 5.28. The summed E-state index contributed by atoms with van der Waals surface area (Å²) in [4.78, 5) is 32.9. The van der Waals surface area contributed by atoms with E-state index in [1.165, 1.54) is 5.06 Å². The molecule has 3 fully saturated rings. The lowest BCUT2D eigenvalue weighted by Crippen LogP contribution is -2.40. The van der Waals surface area contributed by atoms with Gasteiger partial charge in [-0.2, -0.15) is 5.06 Å². The number of hydroxylamine groups is 2. The van der Waals surface area contributed by atoms with Crippen LogP contribution < -0.4 is 5.32 Å². The zero-order valence-corrected chi connectivity index (χ0v) is 21.2. The minimum atomic E-state index is -0.512. The molecular weight excluding hydrogens is 462 g/mol. The van der Waals surface area contributed by atoms with Gasteiger partial charge in [0.25, 0.3) is 0 Å². The molecule has 2 aromatic rings. The van der Waals surface area contributed by atoms with Crippen LogP contribution in [0.15, 0.2) is 34.7 Å². The predicted molar refractivity (Wildman–Crippen MR) is 130 cm³/mol. The summed E-state index contributed by atoms with van der Waals surface area (Å²) < 4.78 is 11.5. The number of alkyl carbamates (subject to hydrolysis) is 1. The Morgan fingerprint density at radius 2 is 1.78 bits per heavy atom. The van der Waals surface area contributed by atoms with E-state index < -0.39 is 5.60 Å². The number of rotatable bonds is 6. The molecule has 10 heteroatoms. The van der Waals surface area contributed by atoms with Gasteiger partial charge in [0.15, 0.2) is 0 Å². The van der Waals surface area contributed by atoms with Gasteiger partial charge in [-0.05, 0) is 64.9 Å². The van der Waals surface area contributed by atoms with Gasteiger partial charge in [-0.1, -0.05) is 30.3 Å². The van der Waals surface area contributed by atoms with Gasteiger partial charge in [-0.15, -0.1) is 10.2 Å². The molecule has 10 nitrogen and oxygen atoms in total. The smallest absolute Gasteiger partial charge is 0.407 e. The Morgan fingerprint density at radius 1 is 1.06 bits per heavy atom. The second kappa shape index (κ2) is 10.1. The topological polar surface area (TPSA) is 110 Å². The number of hydrogen-bond donors (Lipinski definition) is 1. The molecule has 2 atom stereocenters. The molecule has 1 saturated carbocycles. The molecule has 2 aliphatic heterocycles. The van der Waals surface area contributed by atoms with Gasteiger partial charge in [0, 0.05) is 18.5 Å². The number of carbonyl (C=O) groups is 2. The lowest BCUT2D eigenvalue weighted by molar-refractivity contribution is -0.140. The normalized spacial score (nSPS) is 26.2. The fourth-order valence-corrected chi connectivity index (χ4v) is 5.28. The van der Waals surface area contributed by atoms with Crippen LogP contribution in [0, 0.1) is 0 Å². The van der Waals surface area contributed by atoms with Crippen molar-refractivity contribution in [3.05, 3.63) is 47.7 Å². The van der Waals surface area contributed by atoms with Crippen molar-refractivity contribution >= 4 is 12.1 Å². The SMILES string of the molecule is CC(C)(C)OC(=O)NC1CCC(c2nnc(C3CCC4CN3C(=O)N4OCc3ccccc3)o2)CC1. The van der Waals surface area contributed by atoms with E-state index in [0.717, 1.165) is 44.1 Å². The third-order valence-electron chi connectivity index (χ3n) is 7.07. The van der Waals surface area contributed by atoms with Crippen molar-refractivity contribution in [2.45, 2.75) is 95.5 Å². The molecule has 1 aromatic heterocycles. The maximum Gasteiger partial charge on any atom is 0.407 e. The van der Waals surface area contributed by atoms with Crippen molar-refractivity contribution < 1.29 is 23.6 Å². The van der Waals surface area contributed by atoms with E-state index in [1.54, 1.807) is 4.90 Å². The lowest BCUT2D eigenvalue weighted by Gasteiger charge is -2.29. The maximum atomic E-state index is 13.1. The molecule has 36 heavy (non-hydrogen) atoms. The van der Waals surface area contributed by atoms with E-state index in [4.69, 9.17) is 14.0 Å². The van der Waals surface area contributed by atoms with Gasteiger partial charge in [0.05, 0.1) is 6.04 Å². The largest absolute Gasteiger partial charge is 0.444 e. The van der Waals surface area contributed by atoms with Crippen molar-refractivity contribution in [3.8, 4) is 0 Å². The average molecular weight is 498 g/mol. The monoisotopic (exact) mass is 497 g/mol. The second-order valence-electron chi connectivity index (χ2n) is 10.9. The van der Waals surface area contributed by atoms with Crippen molar-refractivity contribution in [1.29, 1.82) is 0 Å². The summed E-state index contributed by atoms with van der Waals surface area (Å²) in [6.45, 7) is 6.52. The molecule has 2 bridgehead atoms. The van der Waals surface area contributed by atoms with E-state index in [9.17, 15) is 9.59 Å². The first-order valence-corrected chi connectivity index (χ1v) is 12.9. The highest BCUT2D eigenvalue weighted by molar-refractivity contribution is 5.77. The van der Waals surface area contributed by atoms with Crippen LogP contribution in [-0.4, -0.2) is 56.5 Å². The molecule has 2 saturated heterocycles. The number of piperidine rings is 1. The van der Waals surface area contributed by atoms with Crippen LogP contribution in [0.1, 0.15) is 88.6 Å². The standard InChI is InChI=1S/C26H35N5O5/c1-26(2,3)36-24(32)27-19-11-9-18(10-12-19)22-28-29-23(35-22)21-14-13-20-15-30(21)25(33)31(20)34-16-17-7-5-4-6-8-17/h4-8,18-21H,9-16H2,1-3H3,(H,27,32). The van der Waals surface area contributed by atoms with Gasteiger partial charge in [-0.3, -0.25) is 4.84 Å². The molecule has 2 unspecified atom stereocenters. The first kappa shape index (κ1) is 24.5. The second-order valence-corrected chi connectivity index (χ2v) is 10.9. The molecule has 0 radical (unpaired) electrons. The summed E-state index contributed by atoms with van der Waals surface area (Å²) in [6.07, 6.45) is 4.54. The number of nitrogens with zero attached hydrogens (tertiary/aromatic N) is 4. The molecule has 1 aliphatic carbocycles. The number of carbonyl (C=O) groups excluding carboxylic acids is 2. The molecule has 3 heterocycles. The zero-order valence-electron chi connectivity index (χ0n) is 21.2. The summed E-state index contributed by atoms with van der Waals surface area (Å²) in [5.41, 5.74) is 0.512. The van der Waals surface area contributed by atoms with Crippen molar-refractivity contribution in [1.82, 2.24) is 25.5 Å². The lowest BCUT2D eigenvalue weighted by atomic mass is 9.86. The average Bonchev–Trinajstić information content (AvgIpc) is 3.42. The van der Waals surface area contributed by atoms with Crippen LogP contribution in [0.2, 0.25) is 0 Å². The predicted octanol–water partition coefficient (Wildman–Crippen LogP) is 4.69. The Balaban J connectivity index is 1.15. The summed E-state index contributed by atoms with van der Waals surface area (Å²) in [5.74, 6) is 1.27. The zero-order chi connectivity index (χ0) is 25.3. The Bertz CT molecular complexity index is 1060. The van der Waals surface area contributed by atoms with E-state index in [1.807, 2.05) is 51.1 Å². The number of nitrogens with one attached hydrogen (secondary N) is 1. The first-order chi connectivity index (χ1) is 17.3. The van der Waals surface area contributed by atoms with Crippen LogP contribution in [-0.2, 0) is 16.2 Å². The van der Waals surface area contributed by atoms with E-state index in [0.29, 0.717) is 24.9 Å². The molecule has 5 rings (SSSR count). The highest BCUT2D eigenvalue weighted by Crippen LogP contribution is 2.39. The van der Waals surface area contributed by atoms with Crippen molar-refractivity contribution in [3.63, 3.8) is 0 Å². The highest BCUT2D eigenvalue weighted by Gasteiger charge is 2.48. The Labute approximate surface area is 211 Å². The third kappa shape index (κ3) is 5.48. The van der Waals surface area contributed by atoms with Gasteiger partial charge in [-0.25, -0.2) is 9.59 Å². The van der Waals surface area contributed by atoms with Crippen LogP contribution in [0.5, 0.6) is 0 Å². The van der Waals surface area contributed by atoms with Crippen LogP contribution >= 0.6 is 0 Å². The van der Waals surface area contributed by atoms with Gasteiger partial charge in [0.2, 0.25) is 11.8 Å². The molecule has 1 aromatic carbocycles. The van der Waals surface area contributed by atoms with Gasteiger partial charge < -0.3 is 19.4 Å². The van der Waals surface area contributed by atoms with Crippen LogP contribution in [0.3, 0.4) is 0 Å². The Hall–Kier alpha value is -3.14. The quantitative estimate of drug-likeness (QED) is 0.616. The summed E-state index contributed by atoms with van der Waals surface area (Å²) >= 11 is 0. The number of aromatic nitrogens is 2. The minimum absolute atomic E-state index is 0.0348. The van der Waals surface area contributed by atoms with Crippen LogP contribution in [0.4, 0.5) is 9.59 Å². The Morgan fingerprint density at radius 3 is 2.50 bits per heavy atom. The fraction of sp³-hybridized carbons (Fsp3) is 0.615. The molecule has 194 valence electrons. The van der Waals surface area contributed by atoms with Crippen LogP contribution in [0.25, 0.3) is 0 Å². The number of hydrogen-bond acceptors (Lipinski definition) is 7. The van der Waals surface area contributed by atoms with Gasteiger partial charge in [0.1, 0.15) is 18.2 Å². The number of ether oxygens (including phenoxy) is 1. The van der Waals surface area contributed by atoms with Crippen molar-refractivity contribution in [2.75, 3.05) is 6.54 Å². The van der Waals surface area contributed by atoms with E-state index in [2.05, 4.69) is 15.5 Å². The molecule has 3 aliphatic rings. The van der Waals surface area contributed by atoms with E-state index in [-0.39, 0.29) is 36.2 Å². The van der Waals surface area contributed by atoms with E-state index >= 15 is 0 Å². The number of benzene rings is 1. The van der Waals surface area contributed by atoms with Crippen molar-refractivity contribution in [2.24, 2.45) is 0 Å². The minimum Gasteiger partial charge on any atom is -0.444 e. The third-order valence-corrected chi connectivity index (χ3v) is 7.07. The summed E-state index contributed by atoms with van der Waals surface area (Å²) in [7, 11) is 0.